The predicted molar refractivity (Wildman–Crippen MR) is 82.8 cm³/mol. The summed E-state index contributed by atoms with van der Waals surface area (Å²) in [5.74, 6) is 0. The first-order valence-electron chi connectivity index (χ1n) is 6.60. The molecule has 4 nitrogen and oxygen atoms in total. The highest BCUT2D eigenvalue weighted by Crippen LogP contribution is 2.36. The Balaban J connectivity index is 2.55. The largest absolute Gasteiger partial charge is 0.281 e. The predicted octanol–water partition coefficient (Wildman–Crippen LogP) is 4.44. The average Bonchev–Trinajstić information content (AvgIpc) is 2.78. The van der Waals surface area contributed by atoms with Crippen molar-refractivity contribution in [2.45, 2.75) is 53.0 Å². The van der Waals surface area contributed by atoms with Gasteiger partial charge in [-0.3, -0.25) is 5.10 Å². The summed E-state index contributed by atoms with van der Waals surface area (Å²) < 4.78 is 1.82. The zero-order chi connectivity index (χ0) is 15.2. The number of aryl methyl sites for hydroxylation is 2. The summed E-state index contributed by atoms with van der Waals surface area (Å²) in [4.78, 5) is 0. The maximum atomic E-state index is 6.56. The minimum atomic E-state index is -0.0662. The highest BCUT2D eigenvalue weighted by molar-refractivity contribution is 6.31. The van der Waals surface area contributed by atoms with Crippen LogP contribution in [-0.2, 0) is 5.41 Å². The van der Waals surface area contributed by atoms with Gasteiger partial charge in [0.2, 0.25) is 0 Å². The fourth-order valence-electron chi connectivity index (χ4n) is 2.64. The molecule has 2 aromatic heterocycles. The molecular weight excluding hydrogens is 295 g/mol. The number of halogens is 2. The lowest BCUT2D eigenvalue weighted by Gasteiger charge is -2.19. The Hall–Kier alpha value is -1.000. The number of nitrogens with zero attached hydrogens (tertiary/aromatic N) is 3. The molecule has 1 atom stereocenters. The van der Waals surface area contributed by atoms with Crippen molar-refractivity contribution in [2.75, 3.05) is 0 Å². The monoisotopic (exact) mass is 314 g/mol. The van der Waals surface area contributed by atoms with Crippen molar-refractivity contribution >= 4 is 23.2 Å². The van der Waals surface area contributed by atoms with Crippen molar-refractivity contribution in [3.8, 4) is 0 Å². The second kappa shape index (κ2) is 5.08. The van der Waals surface area contributed by atoms with Crippen LogP contribution in [0.1, 0.15) is 56.3 Å². The van der Waals surface area contributed by atoms with Crippen molar-refractivity contribution in [1.82, 2.24) is 20.0 Å². The number of hydrogen-bond acceptors (Lipinski definition) is 2. The average molecular weight is 315 g/mol. The van der Waals surface area contributed by atoms with E-state index in [9.17, 15) is 0 Å². The molecule has 6 heteroatoms. The second-order valence-corrected chi connectivity index (χ2v) is 6.89. The number of H-pyrrole nitrogens is 1. The van der Waals surface area contributed by atoms with E-state index in [1.807, 2.05) is 25.5 Å². The van der Waals surface area contributed by atoms with Crippen LogP contribution < -0.4 is 0 Å². The molecule has 110 valence electrons. The molecule has 0 fully saturated rings. The molecule has 0 amide bonds. The molecular formula is C14H20Cl2N4. The van der Waals surface area contributed by atoms with Crippen LogP contribution in [0.25, 0.3) is 0 Å². The van der Waals surface area contributed by atoms with Crippen LogP contribution in [0.4, 0.5) is 0 Å². The van der Waals surface area contributed by atoms with E-state index >= 15 is 0 Å². The van der Waals surface area contributed by atoms with Crippen LogP contribution in [-0.4, -0.2) is 20.0 Å². The Labute approximate surface area is 129 Å². The van der Waals surface area contributed by atoms with Gasteiger partial charge in [-0.05, 0) is 26.2 Å². The zero-order valence-electron chi connectivity index (χ0n) is 12.7. The van der Waals surface area contributed by atoms with E-state index in [-0.39, 0.29) is 11.5 Å². The van der Waals surface area contributed by atoms with Gasteiger partial charge >= 0.3 is 0 Å². The van der Waals surface area contributed by atoms with Crippen molar-refractivity contribution in [1.29, 1.82) is 0 Å². The van der Waals surface area contributed by atoms with Crippen LogP contribution in [0.2, 0.25) is 10.3 Å². The summed E-state index contributed by atoms with van der Waals surface area (Å²) in [6, 6.07) is -0.0662. The van der Waals surface area contributed by atoms with E-state index in [1.165, 1.54) is 0 Å². The summed E-state index contributed by atoms with van der Waals surface area (Å²) in [5.41, 5.74) is 3.84. The fraction of sp³-hybridized carbons (Fsp3) is 0.571. The summed E-state index contributed by atoms with van der Waals surface area (Å²) in [7, 11) is 0. The zero-order valence-corrected chi connectivity index (χ0v) is 14.2. The van der Waals surface area contributed by atoms with Gasteiger partial charge in [-0.25, -0.2) is 4.68 Å². The summed E-state index contributed by atoms with van der Waals surface area (Å²) in [6.07, 6.45) is 0. The van der Waals surface area contributed by atoms with Crippen molar-refractivity contribution < 1.29 is 0 Å². The summed E-state index contributed by atoms with van der Waals surface area (Å²) in [5, 5.41) is 12.7. The topological polar surface area (TPSA) is 46.5 Å². The van der Waals surface area contributed by atoms with Gasteiger partial charge in [0.15, 0.2) is 5.15 Å². The van der Waals surface area contributed by atoms with E-state index in [2.05, 4.69) is 36.1 Å². The minimum Gasteiger partial charge on any atom is -0.281 e. The van der Waals surface area contributed by atoms with Gasteiger partial charge in [0.05, 0.1) is 11.7 Å². The Morgan fingerprint density at radius 2 is 1.80 bits per heavy atom. The standard InChI is InChI=1S/C14H20Cl2N4/c1-7-10(12(15)18-17-7)9(3)20-13(16)11(8(2)19-20)14(4,5)6/h9H,1-6H3,(H,17,18). The van der Waals surface area contributed by atoms with Crippen LogP contribution in [0.3, 0.4) is 0 Å². The third-order valence-corrected chi connectivity index (χ3v) is 4.16. The van der Waals surface area contributed by atoms with E-state index in [0.717, 1.165) is 22.5 Å². The molecule has 0 saturated carbocycles. The molecule has 1 unspecified atom stereocenters. The van der Waals surface area contributed by atoms with E-state index in [0.29, 0.717) is 10.3 Å². The van der Waals surface area contributed by atoms with E-state index in [1.54, 1.807) is 0 Å². The van der Waals surface area contributed by atoms with Gasteiger partial charge in [0, 0.05) is 16.8 Å². The maximum absolute atomic E-state index is 6.56. The number of rotatable bonds is 2. The van der Waals surface area contributed by atoms with Gasteiger partial charge in [0.1, 0.15) is 5.15 Å². The summed E-state index contributed by atoms with van der Waals surface area (Å²) >= 11 is 12.7. The Kier molecular flexibility index (Phi) is 3.91. The molecule has 2 rings (SSSR count). The number of aromatic amines is 1. The van der Waals surface area contributed by atoms with Gasteiger partial charge in [-0.2, -0.15) is 10.2 Å². The molecule has 0 aromatic carbocycles. The normalized spacial score (nSPS) is 13.8. The van der Waals surface area contributed by atoms with Crippen LogP contribution in [0, 0.1) is 13.8 Å². The molecule has 20 heavy (non-hydrogen) atoms. The second-order valence-electron chi connectivity index (χ2n) is 6.17. The van der Waals surface area contributed by atoms with E-state index < -0.39 is 0 Å². The van der Waals surface area contributed by atoms with Gasteiger partial charge < -0.3 is 0 Å². The first kappa shape index (κ1) is 15.4. The molecule has 0 radical (unpaired) electrons. The molecule has 0 aliphatic carbocycles. The van der Waals surface area contributed by atoms with Gasteiger partial charge in [-0.1, -0.05) is 44.0 Å². The molecule has 0 aliphatic heterocycles. The third-order valence-electron chi connectivity index (χ3n) is 3.51. The number of hydrogen-bond donors (Lipinski definition) is 1. The Bertz CT molecular complexity index is 615. The van der Waals surface area contributed by atoms with Crippen LogP contribution in [0.5, 0.6) is 0 Å². The molecule has 2 heterocycles. The highest BCUT2D eigenvalue weighted by Gasteiger charge is 2.28. The molecule has 1 N–H and O–H groups in total. The quantitative estimate of drug-likeness (QED) is 0.890. The smallest absolute Gasteiger partial charge is 0.156 e. The first-order valence-corrected chi connectivity index (χ1v) is 7.35. The first-order chi connectivity index (χ1) is 9.14. The fourth-order valence-corrected chi connectivity index (χ4v) is 3.59. The lowest BCUT2D eigenvalue weighted by molar-refractivity contribution is 0.554. The number of nitrogens with one attached hydrogen (secondary N) is 1. The molecule has 0 saturated heterocycles. The Morgan fingerprint density at radius 3 is 2.20 bits per heavy atom. The van der Waals surface area contributed by atoms with Gasteiger partial charge in [0.25, 0.3) is 0 Å². The van der Waals surface area contributed by atoms with E-state index in [4.69, 9.17) is 23.2 Å². The summed E-state index contributed by atoms with van der Waals surface area (Å²) in [6.45, 7) is 12.4. The van der Waals surface area contributed by atoms with Crippen LogP contribution in [0.15, 0.2) is 0 Å². The van der Waals surface area contributed by atoms with Crippen molar-refractivity contribution in [2.24, 2.45) is 0 Å². The highest BCUT2D eigenvalue weighted by atomic mass is 35.5. The van der Waals surface area contributed by atoms with Crippen molar-refractivity contribution in [3.63, 3.8) is 0 Å². The minimum absolute atomic E-state index is 0.0472. The lowest BCUT2D eigenvalue weighted by atomic mass is 9.87. The lowest BCUT2D eigenvalue weighted by Crippen LogP contribution is -2.13. The Morgan fingerprint density at radius 1 is 1.20 bits per heavy atom. The maximum Gasteiger partial charge on any atom is 0.156 e. The van der Waals surface area contributed by atoms with Crippen LogP contribution >= 0.6 is 23.2 Å². The number of aromatic nitrogens is 4. The SMILES string of the molecule is Cc1nn(C(C)c2c(Cl)n[nH]c2C)c(Cl)c1C(C)(C)C. The third kappa shape index (κ3) is 2.47. The molecule has 0 bridgehead atoms. The molecule has 0 aliphatic rings. The molecule has 0 spiro atoms. The molecule has 2 aromatic rings. The van der Waals surface area contributed by atoms with Gasteiger partial charge in [-0.15, -0.1) is 0 Å². The van der Waals surface area contributed by atoms with Crippen molar-refractivity contribution in [3.05, 3.63) is 32.8 Å².